The van der Waals surface area contributed by atoms with Crippen molar-refractivity contribution in [3.63, 3.8) is 0 Å². The summed E-state index contributed by atoms with van der Waals surface area (Å²) in [5, 5.41) is 22.9. The minimum absolute atomic E-state index is 0.0139. The molecule has 0 bridgehead atoms. The lowest BCUT2D eigenvalue weighted by atomic mass is 9.96. The van der Waals surface area contributed by atoms with E-state index in [-0.39, 0.29) is 29.7 Å². The highest BCUT2D eigenvalue weighted by atomic mass is 16.6. The van der Waals surface area contributed by atoms with Crippen LogP contribution in [0.5, 0.6) is 0 Å². The Morgan fingerprint density at radius 3 is 2.58 bits per heavy atom. The molecule has 0 saturated carbocycles. The summed E-state index contributed by atoms with van der Waals surface area (Å²) in [4.78, 5) is 22.7. The molecule has 0 aromatic heterocycles. The van der Waals surface area contributed by atoms with Crippen molar-refractivity contribution in [1.82, 2.24) is 5.32 Å². The van der Waals surface area contributed by atoms with Crippen molar-refractivity contribution in [3.05, 3.63) is 75.3 Å². The van der Waals surface area contributed by atoms with Gasteiger partial charge in [-0.15, -0.1) is 0 Å². The Bertz CT molecular complexity index is 716. The number of nitro benzene ring substituents is 1. The highest BCUT2D eigenvalue weighted by molar-refractivity contribution is 5.95. The van der Waals surface area contributed by atoms with Crippen molar-refractivity contribution in [1.29, 1.82) is 0 Å². The molecule has 1 amide bonds. The van der Waals surface area contributed by atoms with Crippen LogP contribution in [0.15, 0.2) is 48.5 Å². The number of carbonyl (C=O) groups is 1. The van der Waals surface area contributed by atoms with Crippen molar-refractivity contribution >= 4 is 11.6 Å². The van der Waals surface area contributed by atoms with E-state index in [2.05, 4.69) is 5.32 Å². The zero-order chi connectivity index (χ0) is 17.5. The van der Waals surface area contributed by atoms with E-state index in [1.807, 2.05) is 30.3 Å². The van der Waals surface area contributed by atoms with Crippen LogP contribution in [0.3, 0.4) is 0 Å². The lowest BCUT2D eigenvalue weighted by Crippen LogP contribution is -2.29. The number of nitrogens with one attached hydrogen (secondary N) is 1. The second kappa shape index (κ2) is 8.21. The summed E-state index contributed by atoms with van der Waals surface area (Å²) in [5.74, 6) is -0.374. The fraction of sp³-hybridized carbons (Fsp3) is 0.278. The fourth-order valence-electron chi connectivity index (χ4n) is 2.58. The fourth-order valence-corrected chi connectivity index (χ4v) is 2.58. The first kappa shape index (κ1) is 17.6. The summed E-state index contributed by atoms with van der Waals surface area (Å²) in [5.41, 5.74) is 1.85. The van der Waals surface area contributed by atoms with Gasteiger partial charge < -0.3 is 10.4 Å². The summed E-state index contributed by atoms with van der Waals surface area (Å²) < 4.78 is 0. The number of carbonyl (C=O) groups excluding carboxylic acids is 1. The molecule has 126 valence electrons. The number of aryl methyl sites for hydroxylation is 1. The molecule has 0 aliphatic heterocycles. The van der Waals surface area contributed by atoms with Gasteiger partial charge in [-0.1, -0.05) is 30.3 Å². The molecular weight excluding hydrogens is 308 g/mol. The van der Waals surface area contributed by atoms with Crippen LogP contribution in [0.25, 0.3) is 0 Å². The van der Waals surface area contributed by atoms with Crippen molar-refractivity contribution in [3.8, 4) is 0 Å². The third kappa shape index (κ3) is 4.63. The minimum Gasteiger partial charge on any atom is -0.396 e. The van der Waals surface area contributed by atoms with Crippen LogP contribution in [0.4, 0.5) is 5.69 Å². The largest absolute Gasteiger partial charge is 0.396 e. The number of amides is 1. The van der Waals surface area contributed by atoms with Gasteiger partial charge in [0.15, 0.2) is 0 Å². The van der Waals surface area contributed by atoms with E-state index in [0.717, 1.165) is 5.56 Å². The summed E-state index contributed by atoms with van der Waals surface area (Å²) in [7, 11) is 0. The van der Waals surface area contributed by atoms with E-state index in [1.54, 1.807) is 13.0 Å². The van der Waals surface area contributed by atoms with E-state index in [9.17, 15) is 20.0 Å². The first-order valence-corrected chi connectivity index (χ1v) is 7.71. The number of aliphatic hydroxyl groups excluding tert-OH is 1. The Morgan fingerprint density at radius 1 is 1.25 bits per heavy atom. The maximum Gasteiger partial charge on any atom is 0.270 e. The molecule has 0 saturated heterocycles. The van der Waals surface area contributed by atoms with Crippen LogP contribution in [-0.2, 0) is 0 Å². The Morgan fingerprint density at radius 2 is 1.96 bits per heavy atom. The van der Waals surface area contributed by atoms with Gasteiger partial charge in [0.1, 0.15) is 0 Å². The second-order valence-electron chi connectivity index (χ2n) is 5.64. The van der Waals surface area contributed by atoms with Crippen LogP contribution in [0, 0.1) is 17.0 Å². The molecule has 2 N–H and O–H groups in total. The maximum absolute atomic E-state index is 12.3. The van der Waals surface area contributed by atoms with E-state index >= 15 is 0 Å². The molecule has 0 fully saturated rings. The predicted octanol–water partition coefficient (Wildman–Crippen LogP) is 2.80. The molecule has 6 heteroatoms. The number of nitrogens with zero attached hydrogens (tertiary/aromatic N) is 1. The molecule has 1 atom stereocenters. The molecule has 0 heterocycles. The lowest BCUT2D eigenvalue weighted by molar-refractivity contribution is -0.384. The third-order valence-corrected chi connectivity index (χ3v) is 3.79. The average Bonchev–Trinajstić information content (AvgIpc) is 2.58. The predicted molar refractivity (Wildman–Crippen MR) is 91.1 cm³/mol. The molecule has 0 radical (unpaired) electrons. The molecule has 0 aliphatic carbocycles. The normalized spacial score (nSPS) is 11.8. The third-order valence-electron chi connectivity index (χ3n) is 3.79. The quantitative estimate of drug-likeness (QED) is 0.604. The average molecular weight is 328 g/mol. The van der Waals surface area contributed by atoms with Gasteiger partial charge in [0.2, 0.25) is 0 Å². The topological polar surface area (TPSA) is 92.5 Å². The Hall–Kier alpha value is -2.73. The Labute approximate surface area is 140 Å². The van der Waals surface area contributed by atoms with Crippen molar-refractivity contribution in [2.75, 3.05) is 13.2 Å². The minimum atomic E-state index is -0.512. The molecule has 1 unspecified atom stereocenters. The Kier molecular flexibility index (Phi) is 6.03. The van der Waals surface area contributed by atoms with Gasteiger partial charge in [-0.2, -0.15) is 0 Å². The van der Waals surface area contributed by atoms with E-state index in [4.69, 9.17) is 0 Å². The zero-order valence-electron chi connectivity index (χ0n) is 13.4. The smallest absolute Gasteiger partial charge is 0.270 e. The molecule has 0 spiro atoms. The number of benzene rings is 2. The van der Waals surface area contributed by atoms with Crippen LogP contribution in [0.1, 0.15) is 33.8 Å². The van der Waals surface area contributed by atoms with Gasteiger partial charge in [0.05, 0.1) is 4.92 Å². The van der Waals surface area contributed by atoms with Gasteiger partial charge >= 0.3 is 0 Å². The van der Waals surface area contributed by atoms with Crippen LogP contribution >= 0.6 is 0 Å². The van der Waals surface area contributed by atoms with E-state index in [1.165, 1.54) is 12.1 Å². The first-order chi connectivity index (χ1) is 11.5. The molecule has 2 aromatic carbocycles. The molecular formula is C18H20N2O4. The zero-order valence-corrected chi connectivity index (χ0v) is 13.4. The van der Waals surface area contributed by atoms with Crippen molar-refractivity contribution in [2.24, 2.45) is 0 Å². The number of rotatable bonds is 7. The Balaban J connectivity index is 2.10. The van der Waals surface area contributed by atoms with E-state index in [0.29, 0.717) is 18.5 Å². The second-order valence-corrected chi connectivity index (χ2v) is 5.64. The molecule has 2 rings (SSSR count). The standard InChI is InChI=1S/C18H20N2O4/c1-13-9-16(11-17(10-13)20(23)24)18(22)19-12-15(7-8-21)14-5-3-2-4-6-14/h2-6,9-11,15,21H,7-8,12H2,1H3,(H,19,22). The summed E-state index contributed by atoms with van der Waals surface area (Å²) in [6.45, 7) is 2.08. The maximum atomic E-state index is 12.3. The van der Waals surface area contributed by atoms with Gasteiger partial charge in [-0.3, -0.25) is 14.9 Å². The lowest BCUT2D eigenvalue weighted by Gasteiger charge is -2.17. The number of hydrogen-bond acceptors (Lipinski definition) is 4. The van der Waals surface area contributed by atoms with Crippen molar-refractivity contribution < 1.29 is 14.8 Å². The van der Waals surface area contributed by atoms with E-state index < -0.39 is 4.92 Å². The number of aliphatic hydroxyl groups is 1. The van der Waals surface area contributed by atoms with Gasteiger partial charge in [0, 0.05) is 36.8 Å². The molecule has 0 aliphatic rings. The molecule has 6 nitrogen and oxygen atoms in total. The van der Waals surface area contributed by atoms with Gasteiger partial charge in [-0.25, -0.2) is 0 Å². The highest BCUT2D eigenvalue weighted by Gasteiger charge is 2.16. The highest BCUT2D eigenvalue weighted by Crippen LogP contribution is 2.19. The van der Waals surface area contributed by atoms with Gasteiger partial charge in [-0.05, 0) is 30.5 Å². The summed E-state index contributed by atoms with van der Waals surface area (Å²) in [6, 6.07) is 13.9. The summed E-state index contributed by atoms with van der Waals surface area (Å²) >= 11 is 0. The molecule has 24 heavy (non-hydrogen) atoms. The number of non-ortho nitro benzene ring substituents is 1. The summed E-state index contributed by atoms with van der Waals surface area (Å²) in [6.07, 6.45) is 0.526. The van der Waals surface area contributed by atoms with Crippen LogP contribution in [0.2, 0.25) is 0 Å². The first-order valence-electron chi connectivity index (χ1n) is 7.71. The van der Waals surface area contributed by atoms with Crippen LogP contribution < -0.4 is 5.32 Å². The monoisotopic (exact) mass is 328 g/mol. The van der Waals surface area contributed by atoms with Crippen molar-refractivity contribution in [2.45, 2.75) is 19.3 Å². The SMILES string of the molecule is Cc1cc(C(=O)NCC(CCO)c2ccccc2)cc([N+](=O)[O-])c1. The molecule has 2 aromatic rings. The number of nitro groups is 1. The number of hydrogen-bond donors (Lipinski definition) is 2. The van der Waals surface area contributed by atoms with Gasteiger partial charge in [0.25, 0.3) is 11.6 Å². The van der Waals surface area contributed by atoms with Crippen LogP contribution in [-0.4, -0.2) is 29.1 Å².